The number of nitrogens with zero attached hydrogens (tertiary/aromatic N) is 1. The highest BCUT2D eigenvalue weighted by Crippen LogP contribution is 2.31. The minimum atomic E-state index is -0.829. The van der Waals surface area contributed by atoms with Crippen molar-refractivity contribution >= 4 is 34.2 Å². The predicted octanol–water partition coefficient (Wildman–Crippen LogP) is 2.47. The molecule has 1 aromatic heterocycles. The van der Waals surface area contributed by atoms with Crippen molar-refractivity contribution in [3.05, 3.63) is 11.1 Å². The fourth-order valence-electron chi connectivity index (χ4n) is 2.14. The molecule has 2 N–H and O–H groups in total. The average molecular weight is 272 g/mol. The van der Waals surface area contributed by atoms with Crippen LogP contribution in [0.2, 0.25) is 0 Å². The Bertz CT molecular complexity index is 395. The highest BCUT2D eigenvalue weighted by molar-refractivity contribution is 7.99. The van der Waals surface area contributed by atoms with E-state index in [2.05, 4.69) is 16.6 Å². The molecule has 0 aliphatic heterocycles. The van der Waals surface area contributed by atoms with Gasteiger partial charge in [-0.15, -0.1) is 11.3 Å². The Hall–Kier alpha value is -0.750. The lowest BCUT2D eigenvalue weighted by molar-refractivity contribution is -0.136. The summed E-state index contributed by atoms with van der Waals surface area (Å²) < 4.78 is 0. The number of carboxylic acids is 1. The zero-order valence-corrected chi connectivity index (χ0v) is 11.3. The van der Waals surface area contributed by atoms with E-state index >= 15 is 0 Å². The second-order valence-corrected chi connectivity index (χ2v) is 6.11. The van der Waals surface area contributed by atoms with E-state index in [1.54, 1.807) is 0 Å². The molecule has 1 aliphatic carbocycles. The number of aromatic nitrogens is 1. The topological polar surface area (TPSA) is 62.2 Å². The minimum Gasteiger partial charge on any atom is -0.481 e. The van der Waals surface area contributed by atoms with Crippen molar-refractivity contribution in [3.8, 4) is 0 Å². The summed E-state index contributed by atoms with van der Waals surface area (Å²) in [6.07, 6.45) is 5.85. The molecule has 2 unspecified atom stereocenters. The smallest absolute Gasteiger partial charge is 0.309 e. The van der Waals surface area contributed by atoms with Crippen LogP contribution in [0.25, 0.3) is 0 Å². The summed E-state index contributed by atoms with van der Waals surface area (Å²) >= 11 is 3.39. The van der Waals surface area contributed by atoms with Gasteiger partial charge in [-0.25, -0.2) is 4.98 Å². The molecular formula is C11H16N2O2S2. The molecule has 2 rings (SSSR count). The lowest BCUT2D eigenvalue weighted by atomic mass is 10.2. The van der Waals surface area contributed by atoms with Crippen LogP contribution in [0.1, 0.15) is 25.0 Å². The second kappa shape index (κ2) is 5.73. The molecule has 1 saturated carbocycles. The molecule has 0 bridgehead atoms. The van der Waals surface area contributed by atoms with Crippen molar-refractivity contribution < 1.29 is 9.90 Å². The van der Waals surface area contributed by atoms with Gasteiger partial charge in [0.2, 0.25) is 0 Å². The number of carbonyl (C=O) groups is 1. The van der Waals surface area contributed by atoms with Gasteiger partial charge in [0.05, 0.1) is 12.1 Å². The molecule has 0 aromatic carbocycles. The highest BCUT2D eigenvalue weighted by Gasteiger charge is 2.26. The summed E-state index contributed by atoms with van der Waals surface area (Å²) in [7, 11) is 0. The van der Waals surface area contributed by atoms with Gasteiger partial charge in [-0.3, -0.25) is 4.79 Å². The molecule has 1 aliphatic rings. The molecule has 94 valence electrons. The molecular weight excluding hydrogens is 256 g/mol. The maximum absolute atomic E-state index is 10.6. The number of hydrogen-bond acceptors (Lipinski definition) is 5. The average Bonchev–Trinajstić information content (AvgIpc) is 2.87. The van der Waals surface area contributed by atoms with Crippen LogP contribution in [0, 0.1) is 0 Å². The van der Waals surface area contributed by atoms with Crippen molar-refractivity contribution in [2.75, 3.05) is 11.6 Å². The quantitative estimate of drug-likeness (QED) is 0.862. The van der Waals surface area contributed by atoms with Gasteiger partial charge in [0.15, 0.2) is 5.13 Å². The van der Waals surface area contributed by atoms with Crippen LogP contribution in [-0.4, -0.2) is 33.6 Å². The molecule has 2 atom stereocenters. The first kappa shape index (κ1) is 12.7. The van der Waals surface area contributed by atoms with Crippen molar-refractivity contribution in [1.82, 2.24) is 4.98 Å². The monoisotopic (exact) mass is 272 g/mol. The Morgan fingerprint density at radius 3 is 3.24 bits per heavy atom. The van der Waals surface area contributed by atoms with Crippen LogP contribution in [-0.2, 0) is 11.2 Å². The molecule has 1 heterocycles. The maximum Gasteiger partial charge on any atom is 0.309 e. The second-order valence-electron chi connectivity index (χ2n) is 4.17. The van der Waals surface area contributed by atoms with E-state index in [9.17, 15) is 4.79 Å². The van der Waals surface area contributed by atoms with Gasteiger partial charge in [-0.2, -0.15) is 11.8 Å². The molecule has 1 aromatic rings. The fraction of sp³-hybridized carbons (Fsp3) is 0.636. The third-order valence-corrected chi connectivity index (χ3v) is 4.94. The van der Waals surface area contributed by atoms with Crippen LogP contribution >= 0.6 is 23.1 Å². The third kappa shape index (κ3) is 3.35. The summed E-state index contributed by atoms with van der Waals surface area (Å²) in [5, 5.41) is 15.4. The fourth-order valence-corrected chi connectivity index (χ4v) is 3.85. The van der Waals surface area contributed by atoms with Gasteiger partial charge in [-0.1, -0.05) is 6.42 Å². The van der Waals surface area contributed by atoms with E-state index in [4.69, 9.17) is 5.11 Å². The Kier molecular flexibility index (Phi) is 4.28. The van der Waals surface area contributed by atoms with Crippen LogP contribution in [0.3, 0.4) is 0 Å². The number of rotatable bonds is 5. The van der Waals surface area contributed by atoms with Crippen LogP contribution < -0.4 is 5.32 Å². The number of thiazole rings is 1. The standard InChI is InChI=1S/C11H16N2O2S2/c1-16-9-4-2-3-8(9)13-11-12-7(6-17-11)5-10(14)15/h6,8-9H,2-5H2,1H3,(H,12,13)(H,14,15). The van der Waals surface area contributed by atoms with E-state index in [1.807, 2.05) is 17.1 Å². The lowest BCUT2D eigenvalue weighted by Crippen LogP contribution is -2.25. The van der Waals surface area contributed by atoms with Gasteiger partial charge >= 0.3 is 5.97 Å². The summed E-state index contributed by atoms with van der Waals surface area (Å²) in [5.74, 6) is -0.829. The first-order chi connectivity index (χ1) is 8.19. The number of hydrogen-bond donors (Lipinski definition) is 2. The molecule has 0 spiro atoms. The molecule has 17 heavy (non-hydrogen) atoms. The van der Waals surface area contributed by atoms with Gasteiger partial charge in [-0.05, 0) is 19.1 Å². The predicted molar refractivity (Wildman–Crippen MR) is 72.0 cm³/mol. The van der Waals surface area contributed by atoms with Crippen LogP contribution in [0.15, 0.2) is 5.38 Å². The number of thioether (sulfide) groups is 1. The Morgan fingerprint density at radius 2 is 2.53 bits per heavy atom. The zero-order valence-electron chi connectivity index (χ0n) is 9.68. The van der Waals surface area contributed by atoms with E-state index < -0.39 is 5.97 Å². The van der Waals surface area contributed by atoms with E-state index in [-0.39, 0.29) is 6.42 Å². The lowest BCUT2D eigenvalue weighted by Gasteiger charge is -2.18. The zero-order chi connectivity index (χ0) is 12.3. The van der Waals surface area contributed by atoms with Gasteiger partial charge < -0.3 is 10.4 Å². The third-order valence-electron chi connectivity index (χ3n) is 2.95. The Morgan fingerprint density at radius 1 is 1.71 bits per heavy atom. The summed E-state index contributed by atoms with van der Waals surface area (Å²) in [5.41, 5.74) is 0.642. The normalized spacial score (nSPS) is 23.8. The number of aliphatic carboxylic acids is 1. The minimum absolute atomic E-state index is 0.00873. The summed E-state index contributed by atoms with van der Waals surface area (Å²) in [4.78, 5) is 14.9. The first-order valence-electron chi connectivity index (χ1n) is 5.64. The van der Waals surface area contributed by atoms with E-state index in [0.29, 0.717) is 17.0 Å². The molecule has 6 heteroatoms. The molecule has 4 nitrogen and oxygen atoms in total. The van der Waals surface area contributed by atoms with Crippen molar-refractivity contribution in [2.45, 2.75) is 37.0 Å². The Balaban J connectivity index is 1.94. The van der Waals surface area contributed by atoms with Gasteiger partial charge in [0.25, 0.3) is 0 Å². The molecule has 0 amide bonds. The summed E-state index contributed by atoms with van der Waals surface area (Å²) in [6.45, 7) is 0. The largest absolute Gasteiger partial charge is 0.481 e. The number of anilines is 1. The van der Waals surface area contributed by atoms with Gasteiger partial charge in [0, 0.05) is 16.7 Å². The number of nitrogens with one attached hydrogen (secondary N) is 1. The van der Waals surface area contributed by atoms with E-state index in [0.717, 1.165) is 5.13 Å². The van der Waals surface area contributed by atoms with Crippen molar-refractivity contribution in [3.63, 3.8) is 0 Å². The van der Waals surface area contributed by atoms with Gasteiger partial charge in [0.1, 0.15) is 0 Å². The van der Waals surface area contributed by atoms with Crippen molar-refractivity contribution in [1.29, 1.82) is 0 Å². The first-order valence-corrected chi connectivity index (χ1v) is 7.81. The maximum atomic E-state index is 10.6. The molecule has 0 radical (unpaired) electrons. The van der Waals surface area contributed by atoms with Crippen LogP contribution in [0.5, 0.6) is 0 Å². The molecule has 0 saturated heterocycles. The highest BCUT2D eigenvalue weighted by atomic mass is 32.2. The summed E-state index contributed by atoms with van der Waals surface area (Å²) in [6, 6.07) is 0.480. The molecule has 1 fully saturated rings. The van der Waals surface area contributed by atoms with Crippen molar-refractivity contribution in [2.24, 2.45) is 0 Å². The Labute approximate surface area is 109 Å². The van der Waals surface area contributed by atoms with E-state index in [1.165, 1.54) is 30.6 Å². The number of carboxylic acid groups (broad SMARTS) is 1. The van der Waals surface area contributed by atoms with Crippen LogP contribution in [0.4, 0.5) is 5.13 Å². The SMILES string of the molecule is CSC1CCCC1Nc1nc(CC(=O)O)cs1.